The second-order valence-corrected chi connectivity index (χ2v) is 4.34. The average molecular weight is 243 g/mol. The van der Waals surface area contributed by atoms with Crippen LogP contribution < -0.4 is 0 Å². The Bertz CT molecular complexity index is 674. The van der Waals surface area contributed by atoms with Crippen molar-refractivity contribution in [3.05, 3.63) is 17.7 Å². The number of fused-ring (bicyclic) bond motifs is 1. The molecule has 1 aromatic heterocycles. The second kappa shape index (κ2) is 3.25. The average Bonchev–Trinajstić information content (AvgIpc) is 2.61. The number of hydrogen-bond acceptors (Lipinski definition) is 5. The summed E-state index contributed by atoms with van der Waals surface area (Å²) in [5.74, 6) is -1.32. The number of carboxylic acids is 1. The maximum Gasteiger partial charge on any atom is 0.335 e. The molecule has 2 aromatic rings. The van der Waals surface area contributed by atoms with Gasteiger partial charge in [0, 0.05) is 0 Å². The van der Waals surface area contributed by atoms with Crippen molar-refractivity contribution >= 4 is 27.1 Å². The van der Waals surface area contributed by atoms with Crippen LogP contribution in [-0.2, 0) is 10.1 Å². The molecule has 0 unspecified atom stereocenters. The number of aromatic nitrogens is 3. The van der Waals surface area contributed by atoms with E-state index >= 15 is 0 Å². The summed E-state index contributed by atoms with van der Waals surface area (Å²) < 4.78 is 30.9. The largest absolute Gasteiger partial charge is 0.478 e. The first-order chi connectivity index (χ1) is 7.39. The van der Waals surface area contributed by atoms with Gasteiger partial charge in [-0.3, -0.25) is 4.55 Å². The SMILES string of the molecule is O=C(O)c1cc(S(=O)(=O)O)c2n[nH]nc2c1. The molecule has 0 saturated heterocycles. The van der Waals surface area contributed by atoms with Crippen molar-refractivity contribution in [1.29, 1.82) is 0 Å². The Morgan fingerprint density at radius 3 is 2.56 bits per heavy atom. The van der Waals surface area contributed by atoms with Crippen molar-refractivity contribution in [2.45, 2.75) is 4.90 Å². The van der Waals surface area contributed by atoms with E-state index in [2.05, 4.69) is 15.4 Å². The summed E-state index contributed by atoms with van der Waals surface area (Å²) in [6.45, 7) is 0. The number of rotatable bonds is 2. The smallest absolute Gasteiger partial charge is 0.335 e. The number of carbonyl (C=O) groups is 1. The molecule has 2 rings (SSSR count). The molecule has 84 valence electrons. The van der Waals surface area contributed by atoms with Crippen LogP contribution in [0.15, 0.2) is 17.0 Å². The third-order valence-corrected chi connectivity index (χ3v) is 2.78. The van der Waals surface area contributed by atoms with Crippen LogP contribution in [0.2, 0.25) is 0 Å². The van der Waals surface area contributed by atoms with Gasteiger partial charge in [0.2, 0.25) is 0 Å². The van der Waals surface area contributed by atoms with Gasteiger partial charge >= 0.3 is 5.97 Å². The normalized spacial score (nSPS) is 11.8. The zero-order valence-corrected chi connectivity index (χ0v) is 8.39. The third-order valence-electron chi connectivity index (χ3n) is 1.91. The lowest BCUT2D eigenvalue weighted by molar-refractivity contribution is 0.0697. The monoisotopic (exact) mass is 243 g/mol. The van der Waals surface area contributed by atoms with Gasteiger partial charge in [0.05, 0.1) is 5.56 Å². The number of aromatic carboxylic acids is 1. The fraction of sp³-hybridized carbons (Fsp3) is 0. The summed E-state index contributed by atoms with van der Waals surface area (Å²) in [4.78, 5) is 10.1. The molecule has 9 heteroatoms. The third kappa shape index (κ3) is 1.61. The molecule has 0 amide bonds. The molecule has 0 aliphatic rings. The van der Waals surface area contributed by atoms with Crippen LogP contribution in [0, 0.1) is 0 Å². The number of nitrogens with one attached hydrogen (secondary N) is 1. The predicted octanol–water partition coefficient (Wildman–Crippen LogP) is -0.0972. The Morgan fingerprint density at radius 2 is 2.00 bits per heavy atom. The Balaban J connectivity index is 2.89. The maximum atomic E-state index is 11.0. The molecule has 0 radical (unpaired) electrons. The van der Waals surface area contributed by atoms with Crippen molar-refractivity contribution in [3.8, 4) is 0 Å². The van der Waals surface area contributed by atoms with Gasteiger partial charge in [0.15, 0.2) is 0 Å². The van der Waals surface area contributed by atoms with Gasteiger partial charge in [-0.2, -0.15) is 23.8 Å². The predicted molar refractivity (Wildman–Crippen MR) is 50.7 cm³/mol. The summed E-state index contributed by atoms with van der Waals surface area (Å²) in [5, 5.41) is 18.0. The van der Waals surface area contributed by atoms with Gasteiger partial charge in [0.25, 0.3) is 10.1 Å². The molecule has 0 aliphatic carbocycles. The number of benzene rings is 1. The molecule has 0 spiro atoms. The number of H-pyrrole nitrogens is 1. The summed E-state index contributed by atoms with van der Waals surface area (Å²) in [5.41, 5.74) is -0.353. The van der Waals surface area contributed by atoms with Crippen LogP contribution in [0.3, 0.4) is 0 Å². The van der Waals surface area contributed by atoms with Gasteiger partial charge in [-0.1, -0.05) is 0 Å². The second-order valence-electron chi connectivity index (χ2n) is 2.95. The van der Waals surface area contributed by atoms with E-state index in [-0.39, 0.29) is 16.6 Å². The van der Waals surface area contributed by atoms with E-state index in [9.17, 15) is 13.2 Å². The highest BCUT2D eigenvalue weighted by Gasteiger charge is 2.20. The van der Waals surface area contributed by atoms with Crippen molar-refractivity contribution in [3.63, 3.8) is 0 Å². The lowest BCUT2D eigenvalue weighted by Gasteiger charge is -1.99. The Hall–Kier alpha value is -2.00. The quantitative estimate of drug-likeness (QED) is 0.627. The molecular formula is C7H5N3O5S. The molecule has 0 saturated carbocycles. The molecule has 1 heterocycles. The van der Waals surface area contributed by atoms with Gasteiger partial charge < -0.3 is 5.11 Å². The van der Waals surface area contributed by atoms with E-state index in [0.717, 1.165) is 12.1 Å². The summed E-state index contributed by atoms with van der Waals surface area (Å²) in [6.07, 6.45) is 0. The van der Waals surface area contributed by atoms with E-state index in [1.165, 1.54) is 0 Å². The molecule has 0 fully saturated rings. The molecule has 3 N–H and O–H groups in total. The fourth-order valence-corrected chi connectivity index (χ4v) is 1.91. The van der Waals surface area contributed by atoms with Crippen LogP contribution in [0.1, 0.15) is 10.4 Å². The highest BCUT2D eigenvalue weighted by atomic mass is 32.2. The van der Waals surface area contributed by atoms with Crippen molar-refractivity contribution in [2.75, 3.05) is 0 Å². The minimum Gasteiger partial charge on any atom is -0.478 e. The first kappa shape index (κ1) is 10.5. The maximum absolute atomic E-state index is 11.0. The standard InChI is InChI=1S/C7H5N3O5S/c11-7(12)3-1-4-6(9-10-8-4)5(2-3)16(13,14)15/h1-2H,(H,11,12)(H,8,9,10)(H,13,14,15). The minimum atomic E-state index is -4.54. The van der Waals surface area contributed by atoms with E-state index in [0.29, 0.717) is 0 Å². The molecule has 0 bridgehead atoms. The zero-order chi connectivity index (χ0) is 11.9. The minimum absolute atomic E-state index is 0.0486. The first-order valence-corrected chi connectivity index (χ1v) is 5.39. The molecule has 0 atom stereocenters. The van der Waals surface area contributed by atoms with E-state index in [1.807, 2.05) is 0 Å². The van der Waals surface area contributed by atoms with Crippen molar-refractivity contribution in [1.82, 2.24) is 15.4 Å². The van der Waals surface area contributed by atoms with Gasteiger partial charge in [-0.05, 0) is 12.1 Å². The molecule has 1 aromatic carbocycles. The summed E-state index contributed by atoms with van der Waals surface area (Å²) in [6, 6.07) is 1.97. The number of hydrogen-bond donors (Lipinski definition) is 3. The van der Waals surface area contributed by atoms with Crippen molar-refractivity contribution in [2.24, 2.45) is 0 Å². The van der Waals surface area contributed by atoms with Gasteiger partial charge in [-0.15, -0.1) is 0 Å². The van der Waals surface area contributed by atoms with E-state index in [4.69, 9.17) is 9.66 Å². The number of carboxylic acid groups (broad SMARTS) is 1. The Morgan fingerprint density at radius 1 is 1.31 bits per heavy atom. The molecule has 0 aliphatic heterocycles. The lowest BCUT2D eigenvalue weighted by atomic mass is 10.2. The van der Waals surface area contributed by atoms with Gasteiger partial charge in [0.1, 0.15) is 15.9 Å². The highest BCUT2D eigenvalue weighted by Crippen LogP contribution is 2.21. The zero-order valence-electron chi connectivity index (χ0n) is 7.58. The van der Waals surface area contributed by atoms with Crippen LogP contribution >= 0.6 is 0 Å². The highest BCUT2D eigenvalue weighted by molar-refractivity contribution is 7.86. The molecule has 16 heavy (non-hydrogen) atoms. The van der Waals surface area contributed by atoms with Crippen LogP contribution in [0.5, 0.6) is 0 Å². The van der Waals surface area contributed by atoms with Gasteiger partial charge in [-0.25, -0.2) is 4.79 Å². The Kier molecular flexibility index (Phi) is 2.14. The van der Waals surface area contributed by atoms with Crippen LogP contribution in [0.25, 0.3) is 11.0 Å². The first-order valence-electron chi connectivity index (χ1n) is 3.95. The number of nitrogens with zero attached hydrogens (tertiary/aromatic N) is 2. The topological polar surface area (TPSA) is 133 Å². The lowest BCUT2D eigenvalue weighted by Crippen LogP contribution is -2.03. The van der Waals surface area contributed by atoms with E-state index in [1.54, 1.807) is 0 Å². The number of aromatic amines is 1. The summed E-state index contributed by atoms with van der Waals surface area (Å²) in [7, 11) is -4.54. The molecular weight excluding hydrogens is 238 g/mol. The fourth-order valence-electron chi connectivity index (χ4n) is 1.24. The van der Waals surface area contributed by atoms with Crippen molar-refractivity contribution < 1.29 is 22.9 Å². The van der Waals surface area contributed by atoms with Crippen LogP contribution in [-0.4, -0.2) is 39.5 Å². The summed E-state index contributed by atoms with van der Waals surface area (Å²) >= 11 is 0. The van der Waals surface area contributed by atoms with Crippen LogP contribution in [0.4, 0.5) is 0 Å². The Labute approximate surface area is 88.6 Å². The molecule has 8 nitrogen and oxygen atoms in total. The van der Waals surface area contributed by atoms with E-state index < -0.39 is 21.0 Å².